The van der Waals surface area contributed by atoms with E-state index in [0.717, 1.165) is 17.8 Å². The van der Waals surface area contributed by atoms with Crippen LogP contribution in [0.3, 0.4) is 0 Å². The van der Waals surface area contributed by atoms with Crippen LogP contribution in [0.4, 0.5) is 5.69 Å². The fourth-order valence-corrected chi connectivity index (χ4v) is 1.66. The zero-order chi connectivity index (χ0) is 9.26. The predicted octanol–water partition coefficient (Wildman–Crippen LogP) is 0.792. The minimum atomic E-state index is 0.243. The molecule has 0 aromatic heterocycles. The van der Waals surface area contributed by atoms with Gasteiger partial charge in [-0.2, -0.15) is 0 Å². The van der Waals surface area contributed by atoms with Gasteiger partial charge in [0.15, 0.2) is 0 Å². The van der Waals surface area contributed by atoms with Gasteiger partial charge in [0.2, 0.25) is 0 Å². The second-order valence-electron chi connectivity index (χ2n) is 3.18. The van der Waals surface area contributed by atoms with Gasteiger partial charge in [-0.15, -0.1) is 0 Å². The van der Waals surface area contributed by atoms with E-state index in [4.69, 9.17) is 5.90 Å². The molecule has 1 unspecified atom stereocenters. The van der Waals surface area contributed by atoms with Crippen LogP contribution < -0.4 is 11.2 Å². The summed E-state index contributed by atoms with van der Waals surface area (Å²) in [5.41, 5.74) is 2.13. The third-order valence-electron chi connectivity index (χ3n) is 2.31. The van der Waals surface area contributed by atoms with E-state index in [0.29, 0.717) is 6.61 Å². The average molecular weight is 180 g/mol. The normalized spacial score (nSPS) is 19.6. The SMILES string of the molecule is NOCC1CNc2ccc(O)cc21. The third-order valence-corrected chi connectivity index (χ3v) is 2.31. The van der Waals surface area contributed by atoms with Gasteiger partial charge >= 0.3 is 0 Å². The Kier molecular flexibility index (Phi) is 2.08. The Bertz CT molecular complexity index is 312. The largest absolute Gasteiger partial charge is 0.508 e. The number of rotatable bonds is 2. The van der Waals surface area contributed by atoms with Gasteiger partial charge in [-0.1, -0.05) is 0 Å². The number of nitrogens with one attached hydrogen (secondary N) is 1. The molecule has 4 N–H and O–H groups in total. The van der Waals surface area contributed by atoms with Gasteiger partial charge in [0, 0.05) is 18.2 Å². The molecule has 4 heteroatoms. The van der Waals surface area contributed by atoms with Crippen LogP contribution in [0, 0.1) is 0 Å². The highest BCUT2D eigenvalue weighted by atomic mass is 16.6. The summed E-state index contributed by atoms with van der Waals surface area (Å²) in [5, 5.41) is 12.5. The number of nitrogens with two attached hydrogens (primary N) is 1. The van der Waals surface area contributed by atoms with Crippen molar-refractivity contribution in [3.8, 4) is 5.75 Å². The lowest BCUT2D eigenvalue weighted by atomic mass is 10.0. The molecule has 1 aliphatic rings. The summed E-state index contributed by atoms with van der Waals surface area (Å²) in [6.07, 6.45) is 0. The highest BCUT2D eigenvalue weighted by molar-refractivity contribution is 5.59. The van der Waals surface area contributed by atoms with E-state index in [1.54, 1.807) is 12.1 Å². The Balaban J connectivity index is 2.29. The monoisotopic (exact) mass is 180 g/mol. The first-order chi connectivity index (χ1) is 6.31. The van der Waals surface area contributed by atoms with Crippen LogP contribution in [-0.4, -0.2) is 18.3 Å². The van der Waals surface area contributed by atoms with Gasteiger partial charge in [0.1, 0.15) is 5.75 Å². The Morgan fingerprint density at radius 2 is 2.46 bits per heavy atom. The Hall–Kier alpha value is -1.26. The highest BCUT2D eigenvalue weighted by Crippen LogP contribution is 2.33. The van der Waals surface area contributed by atoms with Gasteiger partial charge in [0.25, 0.3) is 0 Å². The number of hydrogen-bond donors (Lipinski definition) is 3. The van der Waals surface area contributed by atoms with Crippen molar-refractivity contribution in [2.24, 2.45) is 5.90 Å². The molecule has 0 bridgehead atoms. The van der Waals surface area contributed by atoms with Crippen LogP contribution in [0.25, 0.3) is 0 Å². The molecule has 0 amide bonds. The first kappa shape index (κ1) is 8.34. The molecule has 0 saturated carbocycles. The van der Waals surface area contributed by atoms with E-state index in [-0.39, 0.29) is 11.7 Å². The van der Waals surface area contributed by atoms with E-state index in [2.05, 4.69) is 10.2 Å². The fraction of sp³-hybridized carbons (Fsp3) is 0.333. The first-order valence-corrected chi connectivity index (χ1v) is 4.19. The molecule has 1 atom stereocenters. The van der Waals surface area contributed by atoms with Gasteiger partial charge < -0.3 is 15.3 Å². The molecule has 1 aliphatic heterocycles. The summed E-state index contributed by atoms with van der Waals surface area (Å²) in [5.74, 6) is 5.54. The zero-order valence-corrected chi connectivity index (χ0v) is 7.16. The van der Waals surface area contributed by atoms with Gasteiger partial charge in [-0.25, -0.2) is 5.90 Å². The molecule has 0 spiro atoms. The van der Waals surface area contributed by atoms with Gasteiger partial charge in [-0.05, 0) is 23.8 Å². The van der Waals surface area contributed by atoms with Crippen LogP contribution in [-0.2, 0) is 4.84 Å². The molecule has 70 valence electrons. The molecule has 0 fully saturated rings. The van der Waals surface area contributed by atoms with Crippen molar-refractivity contribution < 1.29 is 9.94 Å². The van der Waals surface area contributed by atoms with E-state index in [9.17, 15) is 5.11 Å². The maximum atomic E-state index is 9.28. The first-order valence-electron chi connectivity index (χ1n) is 4.19. The Morgan fingerprint density at radius 3 is 3.23 bits per heavy atom. The number of phenols is 1. The number of benzene rings is 1. The summed E-state index contributed by atoms with van der Waals surface area (Å²) in [6, 6.07) is 5.28. The van der Waals surface area contributed by atoms with Gasteiger partial charge in [0.05, 0.1) is 6.61 Å². The van der Waals surface area contributed by atoms with E-state index in [1.807, 2.05) is 6.07 Å². The molecule has 0 radical (unpaired) electrons. The Morgan fingerprint density at radius 1 is 1.62 bits per heavy atom. The van der Waals surface area contributed by atoms with Crippen LogP contribution in [0.15, 0.2) is 18.2 Å². The van der Waals surface area contributed by atoms with Crippen LogP contribution >= 0.6 is 0 Å². The van der Waals surface area contributed by atoms with E-state index in [1.165, 1.54) is 0 Å². The molecule has 1 heterocycles. The van der Waals surface area contributed by atoms with Crippen molar-refractivity contribution in [1.29, 1.82) is 0 Å². The van der Waals surface area contributed by atoms with Crippen molar-refractivity contribution in [3.05, 3.63) is 23.8 Å². The highest BCUT2D eigenvalue weighted by Gasteiger charge is 2.22. The molecule has 0 aliphatic carbocycles. The number of phenolic OH excluding ortho intramolecular Hbond substituents is 1. The molecular formula is C9H12N2O2. The second-order valence-corrected chi connectivity index (χ2v) is 3.18. The molecule has 1 aromatic carbocycles. The van der Waals surface area contributed by atoms with Crippen molar-refractivity contribution in [2.45, 2.75) is 5.92 Å². The second kappa shape index (κ2) is 3.24. The lowest BCUT2D eigenvalue weighted by Gasteiger charge is -2.07. The Labute approximate surface area is 76.3 Å². The zero-order valence-electron chi connectivity index (χ0n) is 7.16. The number of fused-ring (bicyclic) bond motifs is 1. The molecule has 0 saturated heterocycles. The number of hydrogen-bond acceptors (Lipinski definition) is 4. The smallest absolute Gasteiger partial charge is 0.116 e. The summed E-state index contributed by atoms with van der Waals surface area (Å²) in [6.45, 7) is 1.29. The molecule has 13 heavy (non-hydrogen) atoms. The van der Waals surface area contributed by atoms with E-state index < -0.39 is 0 Å². The molecule has 1 aromatic rings. The maximum Gasteiger partial charge on any atom is 0.116 e. The predicted molar refractivity (Wildman–Crippen MR) is 49.5 cm³/mol. The summed E-state index contributed by atoms with van der Waals surface area (Å²) in [7, 11) is 0. The summed E-state index contributed by atoms with van der Waals surface area (Å²) < 4.78 is 0. The average Bonchev–Trinajstić information content (AvgIpc) is 2.49. The molecule has 4 nitrogen and oxygen atoms in total. The standard InChI is InChI=1S/C9H12N2O2/c10-13-5-6-4-11-9-2-1-7(12)3-8(6)9/h1-3,6,11-12H,4-5,10H2. The van der Waals surface area contributed by atoms with Crippen LogP contribution in [0.1, 0.15) is 11.5 Å². The maximum absolute atomic E-state index is 9.28. The number of aromatic hydroxyl groups is 1. The van der Waals surface area contributed by atoms with Crippen LogP contribution in [0.2, 0.25) is 0 Å². The lowest BCUT2D eigenvalue weighted by molar-refractivity contribution is 0.127. The quantitative estimate of drug-likeness (QED) is 0.465. The van der Waals surface area contributed by atoms with Crippen molar-refractivity contribution in [3.63, 3.8) is 0 Å². The lowest BCUT2D eigenvalue weighted by Crippen LogP contribution is -2.12. The van der Waals surface area contributed by atoms with Crippen molar-refractivity contribution in [1.82, 2.24) is 0 Å². The van der Waals surface area contributed by atoms with Crippen molar-refractivity contribution in [2.75, 3.05) is 18.5 Å². The third kappa shape index (κ3) is 1.46. The van der Waals surface area contributed by atoms with Crippen LogP contribution in [0.5, 0.6) is 5.75 Å². The number of anilines is 1. The minimum Gasteiger partial charge on any atom is -0.508 e. The minimum absolute atomic E-state index is 0.243. The molecule has 2 rings (SSSR count). The fourth-order valence-electron chi connectivity index (χ4n) is 1.66. The van der Waals surface area contributed by atoms with Crippen molar-refractivity contribution >= 4 is 5.69 Å². The molecular weight excluding hydrogens is 168 g/mol. The topological polar surface area (TPSA) is 67.5 Å². The summed E-state index contributed by atoms with van der Waals surface area (Å²) in [4.78, 5) is 4.60. The summed E-state index contributed by atoms with van der Waals surface area (Å²) >= 11 is 0. The van der Waals surface area contributed by atoms with Gasteiger partial charge in [-0.3, -0.25) is 0 Å². The van der Waals surface area contributed by atoms with E-state index >= 15 is 0 Å².